The maximum Gasteiger partial charge on any atom is 0.0259 e. The molecule has 0 aliphatic carbocycles. The lowest BCUT2D eigenvalue weighted by atomic mass is 9.91. The minimum Gasteiger partial charge on any atom is -0.0622 e. The highest BCUT2D eigenvalue weighted by molar-refractivity contribution is 9.11. The van der Waals surface area contributed by atoms with Gasteiger partial charge in [0.15, 0.2) is 0 Å². The fourth-order valence-corrected chi connectivity index (χ4v) is 7.60. The van der Waals surface area contributed by atoms with Crippen molar-refractivity contribution in [2.24, 2.45) is 0 Å². The molecule has 0 fully saturated rings. The molecule has 45 heavy (non-hydrogen) atoms. The fraction of sp³-hybridized carbons (Fsp3) is 0. The summed E-state index contributed by atoms with van der Waals surface area (Å²) in [6.45, 7) is 0. The quantitative estimate of drug-likeness (QED) is 0.158. The van der Waals surface area contributed by atoms with Crippen LogP contribution < -0.4 is 0 Å². The Bertz CT molecular complexity index is 1860. The van der Waals surface area contributed by atoms with Gasteiger partial charge >= 0.3 is 0 Å². The van der Waals surface area contributed by atoms with Crippen LogP contribution in [0.2, 0.25) is 0 Å². The molecule has 0 radical (unpaired) electrons. The lowest BCUT2D eigenvalue weighted by Gasteiger charge is -2.16. The zero-order chi connectivity index (χ0) is 30.8. The van der Waals surface area contributed by atoms with Gasteiger partial charge in [0.2, 0.25) is 0 Å². The Morgan fingerprint density at radius 3 is 0.733 bits per heavy atom. The lowest BCUT2D eigenvalue weighted by Crippen LogP contribution is -1.90. The van der Waals surface area contributed by atoms with Crippen molar-refractivity contribution in [1.82, 2.24) is 0 Å². The van der Waals surface area contributed by atoms with Crippen molar-refractivity contribution in [1.29, 1.82) is 0 Å². The Kier molecular flexibility index (Phi) is 8.67. The van der Waals surface area contributed by atoms with Crippen LogP contribution in [0.3, 0.4) is 0 Å². The van der Waals surface area contributed by atoms with Crippen molar-refractivity contribution in [3.8, 4) is 66.8 Å². The van der Waals surface area contributed by atoms with Gasteiger partial charge in [-0.2, -0.15) is 0 Å². The second kappa shape index (κ2) is 13.1. The van der Waals surface area contributed by atoms with Gasteiger partial charge in [-0.25, -0.2) is 0 Å². The number of benzene rings is 7. The molecular weight excluding hydrogens is 744 g/mol. The van der Waals surface area contributed by atoms with Crippen LogP contribution in [0.25, 0.3) is 66.8 Å². The highest BCUT2D eigenvalue weighted by Crippen LogP contribution is 2.42. The van der Waals surface area contributed by atoms with Gasteiger partial charge in [0.25, 0.3) is 0 Å². The van der Waals surface area contributed by atoms with E-state index < -0.39 is 0 Å². The van der Waals surface area contributed by atoms with E-state index in [4.69, 9.17) is 0 Å². The average molecular weight is 771 g/mol. The highest BCUT2D eigenvalue weighted by atomic mass is 79.9. The summed E-state index contributed by atoms with van der Waals surface area (Å²) in [5, 5.41) is 0. The zero-order valence-corrected chi connectivity index (χ0v) is 29.0. The van der Waals surface area contributed by atoms with Gasteiger partial charge in [-0.05, 0) is 103 Å². The van der Waals surface area contributed by atoms with Gasteiger partial charge in [0.05, 0.1) is 0 Å². The Labute approximate surface area is 289 Å². The molecule has 0 amide bonds. The van der Waals surface area contributed by atoms with Crippen molar-refractivity contribution in [3.05, 3.63) is 177 Å². The molecule has 7 aromatic rings. The Balaban J connectivity index is 1.36. The summed E-state index contributed by atoms with van der Waals surface area (Å²) in [4.78, 5) is 0. The molecule has 0 N–H and O–H groups in total. The van der Waals surface area contributed by atoms with Crippen molar-refractivity contribution >= 4 is 47.8 Å². The highest BCUT2D eigenvalue weighted by Gasteiger charge is 2.15. The maximum absolute atomic E-state index is 3.92. The molecule has 7 rings (SSSR count). The van der Waals surface area contributed by atoms with Crippen LogP contribution in [0.4, 0.5) is 0 Å². The fourth-order valence-electron chi connectivity index (χ4n) is 5.77. The summed E-state index contributed by atoms with van der Waals surface area (Å²) in [6.07, 6.45) is 0. The number of halogens is 3. The molecule has 0 atom stereocenters. The van der Waals surface area contributed by atoms with Crippen LogP contribution in [-0.4, -0.2) is 0 Å². The van der Waals surface area contributed by atoms with E-state index in [9.17, 15) is 0 Å². The third-order valence-electron chi connectivity index (χ3n) is 8.09. The Morgan fingerprint density at radius 2 is 0.489 bits per heavy atom. The topological polar surface area (TPSA) is 0 Å². The predicted molar refractivity (Wildman–Crippen MR) is 202 cm³/mol. The van der Waals surface area contributed by atoms with Gasteiger partial charge in [-0.1, -0.05) is 175 Å². The average Bonchev–Trinajstić information content (AvgIpc) is 3.09. The van der Waals surface area contributed by atoms with Crippen molar-refractivity contribution < 1.29 is 0 Å². The lowest BCUT2D eigenvalue weighted by molar-refractivity contribution is 1.52. The third-order valence-corrected chi connectivity index (χ3v) is 10.1. The molecule has 0 saturated heterocycles. The van der Waals surface area contributed by atoms with E-state index in [0.717, 1.165) is 46.8 Å². The SMILES string of the molecule is Brc1cc(-c2ccccc2)ccc1-c1cc(-c2ccc(-c3ccccc3)cc2Br)cc(-c2ccc(-c3ccccc3)cc2Br)c1. The first-order valence-electron chi connectivity index (χ1n) is 14.7. The number of hydrogen-bond acceptors (Lipinski definition) is 0. The second-order valence-electron chi connectivity index (χ2n) is 11.0. The molecule has 0 aromatic heterocycles. The van der Waals surface area contributed by atoms with Crippen LogP contribution in [0, 0.1) is 0 Å². The molecule has 0 nitrogen and oxygen atoms in total. The minimum absolute atomic E-state index is 1.06. The maximum atomic E-state index is 3.92. The monoisotopic (exact) mass is 768 g/mol. The predicted octanol–water partition coefficient (Wildman–Crippen LogP) is 14.0. The second-order valence-corrected chi connectivity index (χ2v) is 13.5. The van der Waals surface area contributed by atoms with Crippen LogP contribution in [-0.2, 0) is 0 Å². The van der Waals surface area contributed by atoms with Crippen LogP contribution in [0.15, 0.2) is 177 Å². The third kappa shape index (κ3) is 6.39. The van der Waals surface area contributed by atoms with Crippen LogP contribution in [0.5, 0.6) is 0 Å². The number of hydrogen-bond donors (Lipinski definition) is 0. The summed E-state index contributed by atoms with van der Waals surface area (Å²) in [5.41, 5.74) is 14.0. The van der Waals surface area contributed by atoms with E-state index in [-0.39, 0.29) is 0 Å². The molecule has 0 bridgehead atoms. The number of rotatable bonds is 6. The Morgan fingerprint density at radius 1 is 0.222 bits per heavy atom. The summed E-state index contributed by atoms with van der Waals surface area (Å²) >= 11 is 11.8. The van der Waals surface area contributed by atoms with Crippen molar-refractivity contribution in [2.75, 3.05) is 0 Å². The standard InChI is InChI=1S/C42H27Br3/c43-40-25-31(28-10-4-1-5-11-28)16-19-37(40)34-22-35(38-20-17-32(26-41(38)44)29-12-6-2-7-13-29)24-36(23-34)39-21-18-33(27-42(39)45)30-14-8-3-9-15-30/h1-27H. The molecule has 7 aromatic carbocycles. The Hall–Kier alpha value is -4.02. The minimum atomic E-state index is 1.06. The van der Waals surface area contributed by atoms with Gasteiger partial charge in [-0.15, -0.1) is 0 Å². The molecule has 0 saturated carbocycles. The largest absolute Gasteiger partial charge is 0.0622 e. The van der Waals surface area contributed by atoms with Crippen molar-refractivity contribution in [3.63, 3.8) is 0 Å². The molecule has 0 aliphatic rings. The van der Waals surface area contributed by atoms with E-state index in [0.29, 0.717) is 0 Å². The molecule has 0 aliphatic heterocycles. The first kappa shape index (κ1) is 29.7. The molecule has 3 heteroatoms. The van der Waals surface area contributed by atoms with E-state index in [2.05, 4.69) is 212 Å². The molecular formula is C42H27Br3. The van der Waals surface area contributed by atoms with E-state index in [1.807, 2.05) is 0 Å². The normalized spacial score (nSPS) is 11.0. The van der Waals surface area contributed by atoms with Gasteiger partial charge in [0, 0.05) is 13.4 Å². The molecule has 216 valence electrons. The first-order chi connectivity index (χ1) is 22.0. The molecule has 0 spiro atoms. The van der Waals surface area contributed by atoms with Crippen LogP contribution in [0.1, 0.15) is 0 Å². The van der Waals surface area contributed by atoms with E-state index in [1.165, 1.54) is 33.4 Å². The van der Waals surface area contributed by atoms with Gasteiger partial charge in [-0.3, -0.25) is 0 Å². The summed E-state index contributed by atoms with van der Waals surface area (Å²) in [5.74, 6) is 0. The zero-order valence-electron chi connectivity index (χ0n) is 24.2. The van der Waals surface area contributed by atoms with Crippen molar-refractivity contribution in [2.45, 2.75) is 0 Å². The van der Waals surface area contributed by atoms with Gasteiger partial charge in [0.1, 0.15) is 0 Å². The smallest absolute Gasteiger partial charge is 0.0259 e. The first-order valence-corrected chi connectivity index (χ1v) is 17.1. The van der Waals surface area contributed by atoms with Crippen LogP contribution >= 0.6 is 47.8 Å². The molecule has 0 unspecified atom stereocenters. The van der Waals surface area contributed by atoms with E-state index >= 15 is 0 Å². The molecule has 0 heterocycles. The summed E-state index contributed by atoms with van der Waals surface area (Å²) < 4.78 is 3.18. The summed E-state index contributed by atoms with van der Waals surface area (Å²) in [7, 11) is 0. The van der Waals surface area contributed by atoms with Gasteiger partial charge < -0.3 is 0 Å². The van der Waals surface area contributed by atoms with E-state index in [1.54, 1.807) is 0 Å². The summed E-state index contributed by atoms with van der Waals surface area (Å²) in [6, 6.07) is 58.3.